The number of nitrogens with zero attached hydrogens (tertiary/aromatic N) is 7. The number of anilines is 1. The topological polar surface area (TPSA) is 113 Å². The molecule has 2 aromatic heterocycles. The van der Waals surface area contributed by atoms with E-state index in [2.05, 4.69) is 25.4 Å². The summed E-state index contributed by atoms with van der Waals surface area (Å²) >= 11 is 0. The molecule has 0 spiro atoms. The van der Waals surface area contributed by atoms with Crippen LogP contribution in [0.15, 0.2) is 53.1 Å². The summed E-state index contributed by atoms with van der Waals surface area (Å²) in [6, 6.07) is 11.6. The van der Waals surface area contributed by atoms with Crippen LogP contribution in [0.1, 0.15) is 31.7 Å². The number of alkyl halides is 2. The molecule has 13 heteroatoms. The van der Waals surface area contributed by atoms with E-state index in [0.717, 1.165) is 17.3 Å². The van der Waals surface area contributed by atoms with Crippen LogP contribution in [0.2, 0.25) is 0 Å². The summed E-state index contributed by atoms with van der Waals surface area (Å²) in [6.07, 6.45) is -2.12. The molecule has 2 aromatic carbocycles. The van der Waals surface area contributed by atoms with Crippen LogP contribution in [-0.2, 0) is 6.54 Å². The van der Waals surface area contributed by atoms with Crippen molar-refractivity contribution in [3.63, 3.8) is 0 Å². The number of benzene rings is 2. The van der Waals surface area contributed by atoms with Gasteiger partial charge in [0, 0.05) is 35.5 Å². The zero-order valence-corrected chi connectivity index (χ0v) is 20.5. The third-order valence-electron chi connectivity index (χ3n) is 6.45. The fourth-order valence-electron chi connectivity index (χ4n) is 4.70. The van der Waals surface area contributed by atoms with E-state index in [1.807, 2.05) is 38.1 Å². The molecule has 5 rings (SSSR count). The molecule has 3 heterocycles. The van der Waals surface area contributed by atoms with Gasteiger partial charge in [0.2, 0.25) is 5.89 Å². The van der Waals surface area contributed by atoms with Crippen molar-refractivity contribution < 1.29 is 27.5 Å². The number of hydrogen-bond donors (Lipinski definition) is 1. The highest BCUT2D eigenvalue weighted by molar-refractivity contribution is 5.68. The zero-order valence-electron chi connectivity index (χ0n) is 20.5. The zero-order chi connectivity index (χ0) is 27.0. The number of carboxylic acid groups (broad SMARTS) is 1. The first-order valence-electron chi connectivity index (χ1n) is 11.9. The summed E-state index contributed by atoms with van der Waals surface area (Å²) in [6.45, 7) is 5.00. The Morgan fingerprint density at radius 2 is 1.84 bits per heavy atom. The Bertz CT molecular complexity index is 1450. The molecule has 1 aliphatic rings. The molecule has 10 nitrogen and oxygen atoms in total. The molecule has 2 atom stereocenters. The molecule has 0 bridgehead atoms. The minimum absolute atomic E-state index is 0.0943. The Morgan fingerprint density at radius 1 is 1.08 bits per heavy atom. The van der Waals surface area contributed by atoms with Gasteiger partial charge in [0.05, 0.1) is 24.8 Å². The number of amides is 1. The molecule has 0 radical (unpaired) electrons. The molecule has 38 heavy (non-hydrogen) atoms. The van der Waals surface area contributed by atoms with Gasteiger partial charge in [-0.1, -0.05) is 23.4 Å². The molecule has 1 saturated heterocycles. The average Bonchev–Trinajstić information content (AvgIpc) is 3.55. The fraction of sp³-hybridized carbons (Fsp3) is 0.320. The number of piperazine rings is 1. The highest BCUT2D eigenvalue weighted by Gasteiger charge is 2.33. The van der Waals surface area contributed by atoms with Gasteiger partial charge >= 0.3 is 12.5 Å². The Hall–Kier alpha value is -4.42. The molecule has 4 aromatic rings. The summed E-state index contributed by atoms with van der Waals surface area (Å²) in [7, 11) is 0. The van der Waals surface area contributed by atoms with E-state index in [1.54, 1.807) is 6.20 Å². The van der Waals surface area contributed by atoms with Crippen molar-refractivity contribution in [2.24, 2.45) is 0 Å². The summed E-state index contributed by atoms with van der Waals surface area (Å²) in [5, 5.41) is 24.6. The molecule has 198 valence electrons. The van der Waals surface area contributed by atoms with Gasteiger partial charge in [-0.2, -0.15) is 8.78 Å². The van der Waals surface area contributed by atoms with Crippen molar-refractivity contribution >= 4 is 11.8 Å². The minimum Gasteiger partial charge on any atom is -0.465 e. The van der Waals surface area contributed by atoms with E-state index < -0.39 is 24.2 Å². The predicted octanol–water partition coefficient (Wildman–Crippen LogP) is 4.70. The highest BCUT2D eigenvalue weighted by atomic mass is 19.3. The van der Waals surface area contributed by atoms with E-state index >= 15 is 0 Å². The van der Waals surface area contributed by atoms with Crippen LogP contribution in [-0.4, -0.2) is 66.5 Å². The lowest BCUT2D eigenvalue weighted by molar-refractivity contribution is 0.0982. The van der Waals surface area contributed by atoms with Crippen molar-refractivity contribution in [3.05, 3.63) is 65.9 Å². The maximum Gasteiger partial charge on any atom is 0.407 e. The standard InChI is InChI=1S/C25H24F3N7O3/c1-14-10-33(11-15(2)35(14)25(36)37)19-5-3-4-16(8-19)21-13-34(32-29-21)12-18-7-6-17(9-20(18)26)23-30-31-24(38-23)22(27)28/h3-9,13-15,22H,10-12H2,1-2H3,(H,36,37)/t14-,15+. The molecule has 1 aliphatic heterocycles. The van der Waals surface area contributed by atoms with Gasteiger partial charge in [-0.25, -0.2) is 13.9 Å². The lowest BCUT2D eigenvalue weighted by Gasteiger charge is -2.44. The second-order valence-corrected chi connectivity index (χ2v) is 9.20. The van der Waals surface area contributed by atoms with Gasteiger partial charge < -0.3 is 14.4 Å². The van der Waals surface area contributed by atoms with E-state index in [4.69, 9.17) is 4.42 Å². The first kappa shape index (κ1) is 25.2. The number of halogens is 3. The van der Waals surface area contributed by atoms with E-state index in [1.165, 1.54) is 21.7 Å². The van der Waals surface area contributed by atoms with Crippen molar-refractivity contribution in [3.8, 4) is 22.7 Å². The van der Waals surface area contributed by atoms with Crippen molar-refractivity contribution in [1.29, 1.82) is 0 Å². The third kappa shape index (κ3) is 5.04. The summed E-state index contributed by atoms with van der Waals surface area (Å²) < 4.78 is 46.5. The first-order chi connectivity index (χ1) is 18.2. The van der Waals surface area contributed by atoms with E-state index in [9.17, 15) is 23.1 Å². The number of hydrogen-bond acceptors (Lipinski definition) is 7. The fourth-order valence-corrected chi connectivity index (χ4v) is 4.70. The van der Waals surface area contributed by atoms with Gasteiger partial charge in [-0.05, 0) is 38.1 Å². The molecule has 1 N–H and O–H groups in total. The minimum atomic E-state index is -2.91. The predicted molar refractivity (Wildman–Crippen MR) is 130 cm³/mol. The normalized spacial score (nSPS) is 17.8. The van der Waals surface area contributed by atoms with Gasteiger partial charge in [-0.15, -0.1) is 15.3 Å². The van der Waals surface area contributed by atoms with E-state index in [-0.39, 0.29) is 30.1 Å². The molecule has 0 saturated carbocycles. The second kappa shape index (κ2) is 10.1. The van der Waals surface area contributed by atoms with Crippen molar-refractivity contribution in [2.45, 2.75) is 38.9 Å². The highest BCUT2D eigenvalue weighted by Crippen LogP contribution is 2.28. The Labute approximate surface area is 215 Å². The lowest BCUT2D eigenvalue weighted by atomic mass is 10.1. The van der Waals surface area contributed by atoms with Gasteiger partial charge in [-0.3, -0.25) is 4.90 Å². The molecule has 0 unspecified atom stereocenters. The Morgan fingerprint density at radius 3 is 2.50 bits per heavy atom. The maximum absolute atomic E-state index is 14.8. The third-order valence-corrected chi connectivity index (χ3v) is 6.45. The van der Waals surface area contributed by atoms with Gasteiger partial charge in [0.15, 0.2) is 0 Å². The van der Waals surface area contributed by atoms with Crippen LogP contribution in [0.4, 0.5) is 23.7 Å². The Balaban J connectivity index is 1.30. The molecular weight excluding hydrogens is 503 g/mol. The largest absolute Gasteiger partial charge is 0.465 e. The summed E-state index contributed by atoms with van der Waals surface area (Å²) in [4.78, 5) is 15.2. The molecule has 1 amide bonds. The average molecular weight is 528 g/mol. The number of aromatic nitrogens is 5. The Kier molecular flexibility index (Phi) is 6.74. The van der Waals surface area contributed by atoms with Crippen LogP contribution in [0, 0.1) is 5.82 Å². The molecule has 1 fully saturated rings. The monoisotopic (exact) mass is 527 g/mol. The SMILES string of the molecule is C[C@@H]1CN(c2cccc(-c3cn(Cc4ccc(-c5nnc(C(F)F)o5)cc4F)nn3)c2)C[C@H](C)N1C(=O)O. The number of rotatable bonds is 6. The van der Waals surface area contributed by atoms with Crippen LogP contribution < -0.4 is 4.90 Å². The lowest BCUT2D eigenvalue weighted by Crippen LogP contribution is -2.58. The van der Waals surface area contributed by atoms with Gasteiger partial charge in [0.1, 0.15) is 11.5 Å². The molecule has 0 aliphatic carbocycles. The van der Waals surface area contributed by atoms with Crippen LogP contribution in [0.5, 0.6) is 0 Å². The quantitative estimate of drug-likeness (QED) is 0.384. The van der Waals surface area contributed by atoms with Crippen molar-refractivity contribution in [2.75, 3.05) is 18.0 Å². The number of carbonyl (C=O) groups is 1. The second-order valence-electron chi connectivity index (χ2n) is 9.20. The summed E-state index contributed by atoms with van der Waals surface area (Å²) in [5.74, 6) is -1.60. The van der Waals surface area contributed by atoms with Crippen LogP contribution in [0.25, 0.3) is 22.7 Å². The van der Waals surface area contributed by atoms with Crippen molar-refractivity contribution in [1.82, 2.24) is 30.1 Å². The van der Waals surface area contributed by atoms with Gasteiger partial charge in [0.25, 0.3) is 5.89 Å². The summed E-state index contributed by atoms with van der Waals surface area (Å²) in [5.41, 5.74) is 2.86. The maximum atomic E-state index is 14.8. The van der Waals surface area contributed by atoms with E-state index in [0.29, 0.717) is 24.3 Å². The van der Waals surface area contributed by atoms with Crippen LogP contribution in [0.3, 0.4) is 0 Å². The first-order valence-corrected chi connectivity index (χ1v) is 11.9. The molecular formula is C25H24F3N7O3. The van der Waals surface area contributed by atoms with Crippen LogP contribution >= 0.6 is 0 Å². The smallest absolute Gasteiger partial charge is 0.407 e.